The molecule has 0 spiro atoms. The van der Waals surface area contributed by atoms with Crippen LogP contribution in [0, 0.1) is 5.92 Å². The smallest absolute Gasteiger partial charge is 0.184 e. The van der Waals surface area contributed by atoms with Gasteiger partial charge in [0.1, 0.15) is 12.1 Å². The number of aryl methyl sites for hydroxylation is 1. The Kier molecular flexibility index (Phi) is 6.63. The fourth-order valence-corrected chi connectivity index (χ4v) is 3.99. The number of Topliss-reactive ketones (excluding diaryl/α,β-unsaturated/α-hetero) is 1. The summed E-state index contributed by atoms with van der Waals surface area (Å²) < 4.78 is 14.5. The molecule has 36 heavy (non-hydrogen) atoms. The van der Waals surface area contributed by atoms with E-state index in [1.807, 2.05) is 49.1 Å². The second-order valence-corrected chi connectivity index (χ2v) is 8.60. The molecule has 1 saturated heterocycles. The average molecular weight is 489 g/mol. The summed E-state index contributed by atoms with van der Waals surface area (Å²) in [4.78, 5) is 21.5. The van der Waals surface area contributed by atoms with Crippen LogP contribution in [-0.4, -0.2) is 55.6 Å². The van der Waals surface area contributed by atoms with Gasteiger partial charge in [0.05, 0.1) is 42.8 Å². The number of hydrogen-bond donors (Lipinski definition) is 2. The lowest BCUT2D eigenvalue weighted by molar-refractivity contribution is -0.0408. The number of ketones is 1. The Hall–Kier alpha value is -4.25. The monoisotopic (exact) mass is 488 g/mol. The lowest BCUT2D eigenvalue weighted by Gasteiger charge is -2.25. The molecule has 0 amide bonds. The van der Waals surface area contributed by atoms with Crippen LogP contribution in [0.1, 0.15) is 23.7 Å². The zero-order valence-corrected chi connectivity index (χ0v) is 20.4. The van der Waals surface area contributed by atoms with E-state index < -0.39 is 0 Å². The van der Waals surface area contributed by atoms with Gasteiger partial charge in [-0.3, -0.25) is 14.2 Å². The number of benzene rings is 1. The molecule has 1 fully saturated rings. The van der Waals surface area contributed by atoms with Crippen molar-refractivity contribution in [2.24, 2.45) is 13.0 Å². The topological polar surface area (TPSA) is 121 Å². The number of carbonyl (C=O) groups is 1. The second-order valence-electron chi connectivity index (χ2n) is 8.60. The highest BCUT2D eigenvalue weighted by Gasteiger charge is 2.20. The summed E-state index contributed by atoms with van der Waals surface area (Å²) in [6, 6.07) is 9.35. The van der Waals surface area contributed by atoms with Crippen molar-refractivity contribution >= 4 is 28.8 Å². The van der Waals surface area contributed by atoms with Gasteiger partial charge in [-0.2, -0.15) is 10.2 Å². The van der Waals surface area contributed by atoms with Gasteiger partial charge < -0.3 is 20.1 Å². The average Bonchev–Trinajstić information content (AvgIpc) is 3.49. The number of carbonyl (C=O) groups excluding carboxylic acids is 1. The van der Waals surface area contributed by atoms with E-state index in [0.717, 1.165) is 25.3 Å². The van der Waals surface area contributed by atoms with Crippen molar-refractivity contribution in [2.45, 2.75) is 19.9 Å². The summed E-state index contributed by atoms with van der Waals surface area (Å²) in [5, 5.41) is 15.6. The highest BCUT2D eigenvalue weighted by molar-refractivity contribution is 6.02. The SMILES string of the molecule is CCC(=O)c1cnc(Nc2ccn(CC3COC3)n2)cc1Nc1cccc(-c2ncn(C)n2)c1OC. The molecule has 186 valence electrons. The highest BCUT2D eigenvalue weighted by Crippen LogP contribution is 2.37. The lowest BCUT2D eigenvalue weighted by atomic mass is 10.1. The van der Waals surface area contributed by atoms with Crippen molar-refractivity contribution in [3.63, 3.8) is 0 Å². The molecular weight excluding hydrogens is 460 g/mol. The maximum absolute atomic E-state index is 12.7. The molecule has 0 saturated carbocycles. The summed E-state index contributed by atoms with van der Waals surface area (Å²) in [5.74, 6) is 2.82. The molecule has 0 unspecified atom stereocenters. The first-order valence-corrected chi connectivity index (χ1v) is 11.8. The van der Waals surface area contributed by atoms with E-state index in [2.05, 4.69) is 30.8 Å². The number of anilines is 4. The molecule has 0 atom stereocenters. The van der Waals surface area contributed by atoms with E-state index in [1.54, 1.807) is 30.4 Å². The minimum absolute atomic E-state index is 0.0231. The van der Waals surface area contributed by atoms with Crippen LogP contribution in [0.4, 0.5) is 23.0 Å². The summed E-state index contributed by atoms with van der Waals surface area (Å²) in [5.41, 5.74) is 2.51. The largest absolute Gasteiger partial charge is 0.494 e. The number of nitrogens with one attached hydrogen (secondary N) is 2. The van der Waals surface area contributed by atoms with Gasteiger partial charge in [-0.25, -0.2) is 9.97 Å². The number of pyridine rings is 1. The molecule has 0 aliphatic carbocycles. The summed E-state index contributed by atoms with van der Waals surface area (Å²) in [6.45, 7) is 4.18. The first kappa shape index (κ1) is 23.5. The van der Waals surface area contributed by atoms with Crippen molar-refractivity contribution < 1.29 is 14.3 Å². The molecule has 1 aliphatic rings. The molecule has 0 radical (unpaired) electrons. The Morgan fingerprint density at radius 1 is 1.14 bits per heavy atom. The number of para-hydroxylation sites is 1. The molecule has 4 heterocycles. The number of methoxy groups -OCH3 is 1. The second kappa shape index (κ2) is 10.2. The number of rotatable bonds is 10. The Morgan fingerprint density at radius 2 is 2.00 bits per heavy atom. The van der Waals surface area contributed by atoms with Crippen LogP contribution >= 0.6 is 0 Å². The first-order valence-electron chi connectivity index (χ1n) is 11.8. The third-order valence-corrected chi connectivity index (χ3v) is 5.90. The molecule has 1 aliphatic heterocycles. The van der Waals surface area contributed by atoms with Crippen LogP contribution in [0.15, 0.2) is 49.1 Å². The Labute approximate surface area is 208 Å². The Balaban J connectivity index is 1.44. The van der Waals surface area contributed by atoms with Gasteiger partial charge in [0.2, 0.25) is 0 Å². The van der Waals surface area contributed by atoms with Crippen LogP contribution < -0.4 is 15.4 Å². The Bertz CT molecular complexity index is 1380. The standard InChI is InChI=1S/C25H28N8O3/c1-4-21(34)18-11-26-23(29-22-8-9-33(30-22)12-16-13-36-14-16)10-20(18)28-19-7-5-6-17(24(19)35-3)25-27-15-32(2)31-25/h5-11,15-16H,4,12-14H2,1-3H3,(H2,26,28,29,30). The first-order chi connectivity index (χ1) is 17.5. The third kappa shape index (κ3) is 4.91. The number of hydrogen-bond acceptors (Lipinski definition) is 9. The zero-order chi connectivity index (χ0) is 25.1. The van der Waals surface area contributed by atoms with Crippen molar-refractivity contribution in [3.8, 4) is 17.1 Å². The van der Waals surface area contributed by atoms with Gasteiger partial charge in [0.25, 0.3) is 0 Å². The fraction of sp³-hybridized carbons (Fsp3) is 0.320. The number of ether oxygens (including phenoxy) is 2. The zero-order valence-electron chi connectivity index (χ0n) is 20.4. The van der Waals surface area contributed by atoms with Gasteiger partial charge in [0, 0.05) is 50.5 Å². The maximum Gasteiger partial charge on any atom is 0.184 e. The molecule has 1 aromatic carbocycles. The van der Waals surface area contributed by atoms with Crippen molar-refractivity contribution in [2.75, 3.05) is 31.0 Å². The molecule has 11 nitrogen and oxygen atoms in total. The van der Waals surface area contributed by atoms with Gasteiger partial charge in [-0.05, 0) is 12.1 Å². The van der Waals surface area contributed by atoms with E-state index in [-0.39, 0.29) is 5.78 Å². The molecule has 0 bridgehead atoms. The van der Waals surface area contributed by atoms with Gasteiger partial charge in [-0.15, -0.1) is 0 Å². The molecule has 4 aromatic rings. The molecular formula is C25H28N8O3. The van der Waals surface area contributed by atoms with Gasteiger partial charge in [0.15, 0.2) is 23.2 Å². The van der Waals surface area contributed by atoms with Crippen molar-refractivity contribution in [3.05, 3.63) is 54.6 Å². The van der Waals surface area contributed by atoms with Crippen molar-refractivity contribution in [1.29, 1.82) is 0 Å². The summed E-state index contributed by atoms with van der Waals surface area (Å²) >= 11 is 0. The number of nitrogens with zero attached hydrogens (tertiary/aromatic N) is 6. The molecule has 3 aromatic heterocycles. The lowest BCUT2D eigenvalue weighted by Crippen LogP contribution is -2.31. The summed E-state index contributed by atoms with van der Waals surface area (Å²) in [7, 11) is 3.40. The van der Waals surface area contributed by atoms with Crippen LogP contribution in [0.3, 0.4) is 0 Å². The Morgan fingerprint density at radius 3 is 2.69 bits per heavy atom. The van der Waals surface area contributed by atoms with E-state index in [0.29, 0.717) is 52.5 Å². The quantitative estimate of drug-likeness (QED) is 0.321. The van der Waals surface area contributed by atoms with Crippen LogP contribution in [0.2, 0.25) is 0 Å². The van der Waals surface area contributed by atoms with E-state index in [4.69, 9.17) is 9.47 Å². The predicted molar refractivity (Wildman–Crippen MR) is 135 cm³/mol. The molecule has 11 heteroatoms. The normalized spacial score (nSPS) is 13.3. The van der Waals surface area contributed by atoms with E-state index in [9.17, 15) is 4.79 Å². The van der Waals surface area contributed by atoms with Crippen LogP contribution in [0.25, 0.3) is 11.4 Å². The van der Waals surface area contributed by atoms with Gasteiger partial charge in [-0.1, -0.05) is 13.0 Å². The summed E-state index contributed by atoms with van der Waals surface area (Å²) in [6.07, 6.45) is 5.50. The van der Waals surface area contributed by atoms with Crippen molar-refractivity contribution in [1.82, 2.24) is 29.5 Å². The minimum Gasteiger partial charge on any atom is -0.494 e. The fourth-order valence-electron chi connectivity index (χ4n) is 3.99. The predicted octanol–water partition coefficient (Wildman–Crippen LogP) is 3.81. The molecule has 2 N–H and O–H groups in total. The van der Waals surface area contributed by atoms with E-state index >= 15 is 0 Å². The maximum atomic E-state index is 12.7. The van der Waals surface area contributed by atoms with Crippen LogP contribution in [0.5, 0.6) is 5.75 Å². The third-order valence-electron chi connectivity index (χ3n) is 5.90. The van der Waals surface area contributed by atoms with Gasteiger partial charge >= 0.3 is 0 Å². The number of aromatic nitrogens is 6. The molecule has 5 rings (SSSR count). The van der Waals surface area contributed by atoms with E-state index in [1.165, 1.54) is 0 Å². The van der Waals surface area contributed by atoms with Crippen LogP contribution in [-0.2, 0) is 18.3 Å². The highest BCUT2D eigenvalue weighted by atomic mass is 16.5. The minimum atomic E-state index is -0.0231.